The third-order valence-electron chi connectivity index (χ3n) is 5.74. The largest absolute Gasteiger partial charge is 0.488 e. The van der Waals surface area contributed by atoms with Gasteiger partial charge in [0.2, 0.25) is 0 Å². The predicted molar refractivity (Wildman–Crippen MR) is 111 cm³/mol. The van der Waals surface area contributed by atoms with E-state index >= 15 is 0 Å². The number of benzene rings is 2. The topological polar surface area (TPSA) is 71.0 Å². The summed E-state index contributed by atoms with van der Waals surface area (Å²) in [5.41, 5.74) is 0.980. The molecule has 0 radical (unpaired) electrons. The minimum Gasteiger partial charge on any atom is -0.488 e. The van der Waals surface area contributed by atoms with Gasteiger partial charge in [-0.3, -0.25) is 4.79 Å². The van der Waals surface area contributed by atoms with Gasteiger partial charge in [0, 0.05) is 5.56 Å². The minimum atomic E-state index is -0.787. The number of nitrogens with one attached hydrogen (secondary N) is 1. The summed E-state index contributed by atoms with van der Waals surface area (Å²) in [6, 6.07) is 16.9. The van der Waals surface area contributed by atoms with Crippen molar-refractivity contribution in [1.82, 2.24) is 10.3 Å². The Hall–Kier alpha value is -3.15. The Morgan fingerprint density at radius 1 is 1.10 bits per heavy atom. The first-order valence-electron chi connectivity index (χ1n) is 10.0. The number of para-hydroxylation sites is 1. The number of ether oxygens (including phenoxy) is 1. The van der Waals surface area contributed by atoms with E-state index in [1.165, 1.54) is 6.21 Å². The van der Waals surface area contributed by atoms with Gasteiger partial charge in [-0.15, -0.1) is 5.01 Å². The van der Waals surface area contributed by atoms with Crippen molar-refractivity contribution in [2.75, 3.05) is 0 Å². The Morgan fingerprint density at radius 3 is 2.55 bits per heavy atom. The smallest absolute Gasteiger partial charge is 0.346 e. The molecule has 1 spiro atoms. The molecule has 6 nitrogen and oxygen atoms in total. The second kappa shape index (κ2) is 8.07. The number of carbonyl (C=O) groups is 2. The third-order valence-corrected chi connectivity index (χ3v) is 5.74. The Labute approximate surface area is 170 Å². The molecule has 0 bridgehead atoms. The summed E-state index contributed by atoms with van der Waals surface area (Å²) in [5, 5.41) is 8.05. The van der Waals surface area contributed by atoms with Crippen molar-refractivity contribution < 1.29 is 14.3 Å². The minimum absolute atomic E-state index is 0.256. The molecule has 1 saturated heterocycles. The van der Waals surface area contributed by atoms with Crippen LogP contribution in [0.25, 0.3) is 0 Å². The van der Waals surface area contributed by atoms with E-state index < -0.39 is 11.6 Å². The molecular weight excluding hydrogens is 366 g/mol. The van der Waals surface area contributed by atoms with Gasteiger partial charge in [0.05, 0.1) is 6.21 Å². The Kier molecular flexibility index (Phi) is 5.34. The fourth-order valence-corrected chi connectivity index (χ4v) is 3.88. The zero-order chi connectivity index (χ0) is 20.3. The van der Waals surface area contributed by atoms with Gasteiger partial charge in [0.25, 0.3) is 5.91 Å². The van der Waals surface area contributed by atoms with E-state index in [1.807, 2.05) is 54.6 Å². The average Bonchev–Trinajstić information content (AvgIpc) is 2.98. The van der Waals surface area contributed by atoms with Gasteiger partial charge >= 0.3 is 6.03 Å². The number of rotatable bonds is 5. The van der Waals surface area contributed by atoms with Crippen molar-refractivity contribution in [3.8, 4) is 5.75 Å². The summed E-state index contributed by atoms with van der Waals surface area (Å²) in [4.78, 5) is 25.3. The van der Waals surface area contributed by atoms with E-state index in [2.05, 4.69) is 17.3 Å². The fourth-order valence-electron chi connectivity index (χ4n) is 3.88. The monoisotopic (exact) mass is 391 g/mol. The standard InChI is InChI=1S/C23H25N3O3/c1-17-11-13-23(14-12-17)21(27)26(22(28)25-23)24-15-19-9-5-6-10-20(19)29-16-18-7-3-2-4-8-18/h2-10,15,17H,11-14,16H2,1H3,(H,25,28)/b24-15+. The molecule has 2 fully saturated rings. The molecule has 1 aliphatic heterocycles. The summed E-state index contributed by atoms with van der Waals surface area (Å²) in [7, 11) is 0. The van der Waals surface area contributed by atoms with Crippen molar-refractivity contribution in [3.63, 3.8) is 0 Å². The molecule has 0 unspecified atom stereocenters. The van der Waals surface area contributed by atoms with Crippen molar-refractivity contribution in [2.45, 2.75) is 44.8 Å². The number of hydrogen-bond donors (Lipinski definition) is 1. The highest BCUT2D eigenvalue weighted by Gasteiger charge is 2.52. The van der Waals surface area contributed by atoms with Gasteiger partial charge in [-0.25, -0.2) is 4.79 Å². The molecule has 4 rings (SSSR count). The Balaban J connectivity index is 1.48. The first-order chi connectivity index (χ1) is 14.1. The maximum atomic E-state index is 12.9. The molecule has 1 heterocycles. The summed E-state index contributed by atoms with van der Waals surface area (Å²) in [6.45, 7) is 2.60. The number of hydrogen-bond acceptors (Lipinski definition) is 4. The average molecular weight is 391 g/mol. The molecule has 0 atom stereocenters. The van der Waals surface area contributed by atoms with Crippen LogP contribution in [0.15, 0.2) is 59.7 Å². The first kappa shape index (κ1) is 19.2. The van der Waals surface area contributed by atoms with Gasteiger partial charge < -0.3 is 10.1 Å². The second-order valence-corrected chi connectivity index (χ2v) is 7.87. The molecule has 3 amide bonds. The van der Waals surface area contributed by atoms with Crippen LogP contribution < -0.4 is 10.1 Å². The molecule has 2 aromatic rings. The van der Waals surface area contributed by atoms with Crippen LogP contribution in [-0.4, -0.2) is 28.7 Å². The predicted octanol–water partition coefficient (Wildman–Crippen LogP) is 4.10. The molecule has 2 aliphatic rings. The van der Waals surface area contributed by atoms with Crippen molar-refractivity contribution in [3.05, 3.63) is 65.7 Å². The number of carbonyl (C=O) groups excluding carboxylic acids is 2. The van der Waals surface area contributed by atoms with Crippen molar-refractivity contribution in [1.29, 1.82) is 0 Å². The van der Waals surface area contributed by atoms with Crippen LogP contribution in [0.1, 0.15) is 43.7 Å². The normalized spacial score (nSPS) is 24.3. The van der Waals surface area contributed by atoms with E-state index in [0.717, 1.165) is 23.4 Å². The summed E-state index contributed by atoms with van der Waals surface area (Å²) in [5.74, 6) is 0.971. The SMILES string of the molecule is CC1CCC2(CC1)NC(=O)N(/N=C/c1ccccc1OCc1ccccc1)C2=O. The van der Waals surface area contributed by atoms with Crippen LogP contribution in [0.2, 0.25) is 0 Å². The molecule has 1 saturated carbocycles. The van der Waals surface area contributed by atoms with Crippen LogP contribution in [-0.2, 0) is 11.4 Å². The van der Waals surface area contributed by atoms with Crippen molar-refractivity contribution >= 4 is 18.2 Å². The van der Waals surface area contributed by atoms with Gasteiger partial charge in [-0.2, -0.15) is 5.10 Å². The van der Waals surface area contributed by atoms with E-state index in [4.69, 9.17) is 4.74 Å². The fraction of sp³-hybridized carbons (Fsp3) is 0.348. The number of amides is 3. The van der Waals surface area contributed by atoms with E-state index in [0.29, 0.717) is 36.7 Å². The van der Waals surface area contributed by atoms with Gasteiger partial charge in [0.1, 0.15) is 17.9 Å². The molecular formula is C23H25N3O3. The Morgan fingerprint density at radius 2 is 1.79 bits per heavy atom. The van der Waals surface area contributed by atoms with E-state index in [-0.39, 0.29) is 5.91 Å². The lowest BCUT2D eigenvalue weighted by Gasteiger charge is -2.33. The summed E-state index contributed by atoms with van der Waals surface area (Å²) >= 11 is 0. The maximum absolute atomic E-state index is 12.9. The summed E-state index contributed by atoms with van der Waals surface area (Å²) in [6.07, 6.45) is 4.71. The van der Waals surface area contributed by atoms with E-state index in [1.54, 1.807) is 0 Å². The van der Waals surface area contributed by atoms with Gasteiger partial charge in [-0.05, 0) is 49.3 Å². The number of urea groups is 1. The van der Waals surface area contributed by atoms with Gasteiger partial charge in [0.15, 0.2) is 0 Å². The summed E-state index contributed by atoms with van der Waals surface area (Å²) < 4.78 is 5.92. The molecule has 1 aliphatic carbocycles. The highest BCUT2D eigenvalue weighted by molar-refractivity contribution is 6.07. The lowest BCUT2D eigenvalue weighted by molar-refractivity contribution is -0.132. The van der Waals surface area contributed by atoms with Crippen LogP contribution >= 0.6 is 0 Å². The Bertz CT molecular complexity index is 918. The quantitative estimate of drug-likeness (QED) is 0.616. The maximum Gasteiger partial charge on any atom is 0.346 e. The zero-order valence-electron chi connectivity index (χ0n) is 16.5. The van der Waals surface area contributed by atoms with Crippen LogP contribution in [0, 0.1) is 5.92 Å². The molecule has 1 N–H and O–H groups in total. The molecule has 0 aromatic heterocycles. The van der Waals surface area contributed by atoms with Gasteiger partial charge in [-0.1, -0.05) is 49.4 Å². The van der Waals surface area contributed by atoms with E-state index in [9.17, 15) is 9.59 Å². The molecule has 2 aromatic carbocycles. The number of imide groups is 1. The van der Waals surface area contributed by atoms with Crippen LogP contribution in [0.4, 0.5) is 4.79 Å². The molecule has 150 valence electrons. The highest BCUT2D eigenvalue weighted by Crippen LogP contribution is 2.36. The zero-order valence-corrected chi connectivity index (χ0v) is 16.5. The second-order valence-electron chi connectivity index (χ2n) is 7.87. The first-order valence-corrected chi connectivity index (χ1v) is 10.0. The lowest BCUT2D eigenvalue weighted by Crippen LogP contribution is -2.49. The lowest BCUT2D eigenvalue weighted by atomic mass is 9.77. The molecule has 29 heavy (non-hydrogen) atoms. The number of hydrazone groups is 1. The van der Waals surface area contributed by atoms with Crippen LogP contribution in [0.5, 0.6) is 5.75 Å². The highest BCUT2D eigenvalue weighted by atomic mass is 16.5. The molecule has 6 heteroatoms. The number of nitrogens with zero attached hydrogens (tertiary/aromatic N) is 2. The third kappa shape index (κ3) is 4.01. The van der Waals surface area contributed by atoms with Crippen LogP contribution in [0.3, 0.4) is 0 Å². The van der Waals surface area contributed by atoms with Crippen molar-refractivity contribution in [2.24, 2.45) is 11.0 Å².